The Kier molecular flexibility index (Phi) is 14.8. The largest absolute Gasteiger partial charge is 0.445 e. The number of aromatic nitrogens is 2. The quantitative estimate of drug-likeness (QED) is 0.120. The van der Waals surface area contributed by atoms with Crippen LogP contribution in [0.15, 0.2) is 120 Å². The van der Waals surface area contributed by atoms with Gasteiger partial charge >= 0.3 is 12.2 Å². The van der Waals surface area contributed by atoms with Crippen LogP contribution in [0.1, 0.15) is 58.8 Å². The van der Waals surface area contributed by atoms with E-state index in [4.69, 9.17) is 19.4 Å². The number of rotatable bonds is 12. The maximum absolute atomic E-state index is 12.7. The highest BCUT2D eigenvalue weighted by Crippen LogP contribution is 2.37. The first-order valence-electron chi connectivity index (χ1n) is 20.3. The molecule has 0 bridgehead atoms. The van der Waals surface area contributed by atoms with Crippen LogP contribution < -0.4 is 9.44 Å². The lowest BCUT2D eigenvalue weighted by Gasteiger charge is -2.31. The highest BCUT2D eigenvalue weighted by Gasteiger charge is 2.33. The second-order valence-corrected chi connectivity index (χ2v) is 20.5. The topological polar surface area (TPSA) is 177 Å². The fourth-order valence-corrected chi connectivity index (χ4v) is 10.3. The molecule has 0 radical (unpaired) electrons. The van der Waals surface area contributed by atoms with Crippen molar-refractivity contribution in [1.29, 1.82) is 0 Å². The van der Waals surface area contributed by atoms with E-state index >= 15 is 0 Å². The second kappa shape index (κ2) is 20.6. The van der Waals surface area contributed by atoms with E-state index in [1.54, 1.807) is 45.4 Å². The number of sulfonamides is 2. The first-order valence-corrected chi connectivity index (χ1v) is 25.8. The summed E-state index contributed by atoms with van der Waals surface area (Å²) in [6, 6.07) is 33.4. The molecule has 8 rings (SSSR count). The smallest absolute Gasteiger partial charge is 0.410 e. The first kappa shape index (κ1) is 45.2. The van der Waals surface area contributed by atoms with Crippen LogP contribution in [0.3, 0.4) is 0 Å². The lowest BCUT2D eigenvalue weighted by atomic mass is 9.99. The summed E-state index contributed by atoms with van der Waals surface area (Å²) < 4.78 is 61.4. The zero-order chi connectivity index (χ0) is 44.4. The number of hydrogen-bond acceptors (Lipinski definition) is 12. The number of benzene rings is 4. The van der Waals surface area contributed by atoms with Gasteiger partial charge in [-0.25, -0.2) is 36.4 Å². The highest BCUT2D eigenvalue weighted by atomic mass is 32.2. The molecule has 2 fully saturated rings. The minimum atomic E-state index is -3.31. The normalized spacial score (nSPS) is 16.4. The van der Waals surface area contributed by atoms with Crippen LogP contribution in [0.5, 0.6) is 0 Å². The molecule has 4 heterocycles. The van der Waals surface area contributed by atoms with Crippen LogP contribution in [-0.4, -0.2) is 80.9 Å². The predicted octanol–water partition coefficient (Wildman–Crippen LogP) is 9.35. The number of piperidine rings is 1. The molecule has 1 unspecified atom stereocenters. The standard InChI is InChI=1S/C23H25N3O4S2.C22H23N3O4S2/c1-32(28,29)25-20-11-9-18(10-12-20)21-16-31-22(24-21)19-8-5-13-26(14-19)23(27)30-15-17-6-3-2-4-7-17;1-31(27,28)24-18-11-9-17(10-12-18)19-15-30-21(23-19)20-8-5-13-25(20)22(26)29-14-16-6-3-2-4-7-16/h2-4,6-7,9-12,16,19,25H,5,8,13-15H2,1H3;2-4,6-7,9-12,15,20,24H,5,8,13-14H2,1H3/t;20-/m.1/s1. The Balaban J connectivity index is 0.000000189. The first-order chi connectivity index (χ1) is 30.3. The van der Waals surface area contributed by atoms with E-state index in [0.717, 1.165) is 81.9 Å². The van der Waals surface area contributed by atoms with Crippen LogP contribution >= 0.6 is 22.7 Å². The van der Waals surface area contributed by atoms with Crippen molar-refractivity contribution in [3.63, 3.8) is 0 Å². The highest BCUT2D eigenvalue weighted by molar-refractivity contribution is 7.92. The van der Waals surface area contributed by atoms with Gasteiger partial charge in [-0.3, -0.25) is 14.3 Å². The molecule has 0 saturated carbocycles. The van der Waals surface area contributed by atoms with Crippen molar-refractivity contribution >= 4 is 66.3 Å². The van der Waals surface area contributed by atoms with Crippen molar-refractivity contribution in [2.45, 2.75) is 50.9 Å². The number of nitrogens with one attached hydrogen (secondary N) is 2. The summed E-state index contributed by atoms with van der Waals surface area (Å²) in [6.07, 6.45) is 5.28. The van der Waals surface area contributed by atoms with Crippen LogP contribution in [-0.2, 0) is 42.7 Å². The molecule has 330 valence electrons. The molecule has 2 aliphatic heterocycles. The summed E-state index contributed by atoms with van der Waals surface area (Å²) in [5.41, 5.74) is 6.40. The Labute approximate surface area is 376 Å². The number of carbonyl (C=O) groups excluding carboxylic acids is 2. The fraction of sp³-hybridized carbons (Fsp3) is 0.289. The number of thiazole rings is 2. The molecule has 0 aliphatic carbocycles. The minimum absolute atomic E-state index is 0.0896. The van der Waals surface area contributed by atoms with Crippen LogP contribution in [0.4, 0.5) is 21.0 Å². The van der Waals surface area contributed by atoms with E-state index < -0.39 is 20.0 Å². The van der Waals surface area contributed by atoms with Crippen molar-refractivity contribution in [3.8, 4) is 22.5 Å². The zero-order valence-electron chi connectivity index (χ0n) is 34.8. The molecule has 4 aromatic carbocycles. The summed E-state index contributed by atoms with van der Waals surface area (Å²) in [5, 5.41) is 5.84. The van der Waals surface area contributed by atoms with Crippen molar-refractivity contribution in [3.05, 3.63) is 141 Å². The average Bonchev–Trinajstić information content (AvgIpc) is 4.08. The second-order valence-electron chi connectivity index (χ2n) is 15.3. The summed E-state index contributed by atoms with van der Waals surface area (Å²) in [5.74, 6) is 0.179. The molecule has 2 aliphatic rings. The minimum Gasteiger partial charge on any atom is -0.445 e. The van der Waals surface area contributed by atoms with Crippen molar-refractivity contribution < 1.29 is 35.9 Å². The van der Waals surface area contributed by atoms with Gasteiger partial charge in [0.05, 0.1) is 34.9 Å². The Hall–Kier alpha value is -5.82. The molecule has 2 N–H and O–H groups in total. The number of nitrogens with zero attached hydrogens (tertiary/aromatic N) is 4. The number of carbonyl (C=O) groups is 2. The fourth-order valence-electron chi connectivity index (χ4n) is 7.23. The summed E-state index contributed by atoms with van der Waals surface area (Å²) in [4.78, 5) is 38.3. The average molecular weight is 929 g/mol. The SMILES string of the molecule is CS(=O)(=O)Nc1ccc(-c2csc(C3CCCN(C(=O)OCc4ccccc4)C3)n2)cc1.CS(=O)(=O)Nc1ccc(-c2csc([C@H]3CCCN3C(=O)OCc3ccccc3)n2)cc1. The Morgan fingerprint density at radius 3 is 1.63 bits per heavy atom. The van der Waals surface area contributed by atoms with Crippen LogP contribution in [0.25, 0.3) is 22.5 Å². The molecule has 2 atom stereocenters. The molecule has 6 aromatic rings. The van der Waals surface area contributed by atoms with Gasteiger partial charge in [0.25, 0.3) is 0 Å². The Morgan fingerprint density at radius 2 is 1.11 bits per heavy atom. The number of likely N-dealkylation sites (tertiary alicyclic amines) is 2. The van der Waals surface area contributed by atoms with Gasteiger partial charge in [-0.05, 0) is 61.1 Å². The van der Waals surface area contributed by atoms with E-state index in [2.05, 4.69) is 9.44 Å². The van der Waals surface area contributed by atoms with Crippen molar-refractivity contribution in [2.75, 3.05) is 41.6 Å². The van der Waals surface area contributed by atoms with Gasteiger partial charge in [0.1, 0.15) is 18.2 Å². The van der Waals surface area contributed by atoms with Gasteiger partial charge in [0.15, 0.2) is 0 Å². The van der Waals surface area contributed by atoms with Gasteiger partial charge in [-0.1, -0.05) is 84.9 Å². The predicted molar refractivity (Wildman–Crippen MR) is 248 cm³/mol. The maximum Gasteiger partial charge on any atom is 0.410 e. The van der Waals surface area contributed by atoms with Gasteiger partial charge in [-0.2, -0.15) is 0 Å². The van der Waals surface area contributed by atoms with Gasteiger partial charge < -0.3 is 14.4 Å². The molecule has 2 amide bonds. The van der Waals surface area contributed by atoms with E-state index in [9.17, 15) is 26.4 Å². The monoisotopic (exact) mass is 928 g/mol. The molecule has 14 nitrogen and oxygen atoms in total. The molecule has 63 heavy (non-hydrogen) atoms. The summed E-state index contributed by atoms with van der Waals surface area (Å²) >= 11 is 3.11. The van der Waals surface area contributed by atoms with Crippen LogP contribution in [0.2, 0.25) is 0 Å². The Morgan fingerprint density at radius 1 is 0.635 bits per heavy atom. The lowest BCUT2D eigenvalue weighted by Crippen LogP contribution is -2.39. The summed E-state index contributed by atoms with van der Waals surface area (Å²) in [7, 11) is -6.61. The third-order valence-corrected chi connectivity index (χ3v) is 13.4. The molecule has 2 saturated heterocycles. The number of anilines is 2. The van der Waals surface area contributed by atoms with E-state index in [-0.39, 0.29) is 37.4 Å². The van der Waals surface area contributed by atoms with Crippen molar-refractivity contribution in [1.82, 2.24) is 19.8 Å². The van der Waals surface area contributed by atoms with E-state index in [1.165, 1.54) is 11.3 Å². The van der Waals surface area contributed by atoms with Gasteiger partial charge in [0.2, 0.25) is 20.0 Å². The number of hydrogen-bond donors (Lipinski definition) is 2. The lowest BCUT2D eigenvalue weighted by molar-refractivity contribution is 0.0858. The molecular weight excluding hydrogens is 881 g/mol. The zero-order valence-corrected chi connectivity index (χ0v) is 38.0. The van der Waals surface area contributed by atoms with E-state index in [1.807, 2.05) is 95.7 Å². The number of amides is 2. The van der Waals surface area contributed by atoms with Gasteiger partial charge in [0, 0.05) is 58.8 Å². The Bertz CT molecular complexity index is 2680. The number of ether oxygens (including phenoxy) is 2. The molecule has 0 spiro atoms. The summed E-state index contributed by atoms with van der Waals surface area (Å²) in [6.45, 7) is 2.46. The van der Waals surface area contributed by atoms with Crippen LogP contribution in [0, 0.1) is 0 Å². The molecule has 2 aromatic heterocycles. The van der Waals surface area contributed by atoms with E-state index in [0.29, 0.717) is 31.0 Å². The maximum atomic E-state index is 12.7. The third-order valence-electron chi connectivity index (χ3n) is 10.2. The molecule has 18 heteroatoms. The molecular formula is C45H48N6O8S4. The third kappa shape index (κ3) is 13.1. The van der Waals surface area contributed by atoms with Gasteiger partial charge in [-0.15, -0.1) is 22.7 Å². The van der Waals surface area contributed by atoms with Crippen molar-refractivity contribution in [2.24, 2.45) is 0 Å².